The molecule has 0 spiro atoms. The summed E-state index contributed by atoms with van der Waals surface area (Å²) in [7, 11) is -2.65. The van der Waals surface area contributed by atoms with Crippen LogP contribution in [0.5, 0.6) is 0 Å². The molecule has 0 aliphatic carbocycles. The van der Waals surface area contributed by atoms with E-state index < -0.39 is 9.73 Å². The van der Waals surface area contributed by atoms with Gasteiger partial charge in [-0.1, -0.05) is 6.92 Å². The van der Waals surface area contributed by atoms with Gasteiger partial charge >= 0.3 is 0 Å². The number of nitrogens with zero attached hydrogens (tertiary/aromatic N) is 2. The van der Waals surface area contributed by atoms with Gasteiger partial charge in [0.15, 0.2) is 0 Å². The Balaban J connectivity index is 3.02. The quantitative estimate of drug-likeness (QED) is 0.804. The first-order valence-corrected chi connectivity index (χ1v) is 5.84. The SMILES string of the molecule is CCCS(=N)(=O)c1cnc(C)nc1. The highest BCUT2D eigenvalue weighted by atomic mass is 32.2. The number of hydrogen-bond donors (Lipinski definition) is 1. The van der Waals surface area contributed by atoms with Gasteiger partial charge in [0.25, 0.3) is 0 Å². The highest BCUT2D eigenvalue weighted by Gasteiger charge is 2.08. The van der Waals surface area contributed by atoms with Crippen LogP contribution in [0.1, 0.15) is 19.2 Å². The lowest BCUT2D eigenvalue weighted by Gasteiger charge is -2.04. The van der Waals surface area contributed by atoms with E-state index in [1.165, 1.54) is 12.4 Å². The first-order valence-electron chi connectivity index (χ1n) is 4.11. The summed E-state index contributed by atoms with van der Waals surface area (Å²) in [6.07, 6.45) is 3.69. The molecule has 0 saturated carbocycles. The van der Waals surface area contributed by atoms with Gasteiger partial charge in [0, 0.05) is 18.1 Å². The zero-order valence-corrected chi connectivity index (χ0v) is 8.60. The first kappa shape index (κ1) is 10.1. The zero-order chi connectivity index (χ0) is 9.90. The van der Waals surface area contributed by atoms with Gasteiger partial charge in [-0.15, -0.1) is 0 Å². The fourth-order valence-corrected chi connectivity index (χ4v) is 2.21. The van der Waals surface area contributed by atoms with Crippen LogP contribution in [-0.4, -0.2) is 19.9 Å². The summed E-state index contributed by atoms with van der Waals surface area (Å²) < 4.78 is 19.3. The maximum absolute atomic E-state index is 11.7. The van der Waals surface area contributed by atoms with Crippen LogP contribution in [0, 0.1) is 11.7 Å². The molecular formula is C8H13N3OS. The molecule has 4 nitrogen and oxygen atoms in total. The van der Waals surface area contributed by atoms with Crippen LogP contribution >= 0.6 is 0 Å². The summed E-state index contributed by atoms with van der Waals surface area (Å²) in [6.45, 7) is 3.67. The van der Waals surface area contributed by atoms with Crippen LogP contribution in [0.15, 0.2) is 17.3 Å². The molecule has 13 heavy (non-hydrogen) atoms. The van der Waals surface area contributed by atoms with Crippen LogP contribution < -0.4 is 0 Å². The molecule has 1 aromatic rings. The highest BCUT2D eigenvalue weighted by Crippen LogP contribution is 2.09. The second-order valence-electron chi connectivity index (χ2n) is 2.85. The Hall–Kier alpha value is -0.970. The van der Waals surface area contributed by atoms with Gasteiger partial charge in [-0.3, -0.25) is 0 Å². The first-order chi connectivity index (χ1) is 6.06. The Kier molecular flexibility index (Phi) is 2.98. The Morgan fingerprint density at radius 3 is 2.46 bits per heavy atom. The van der Waals surface area contributed by atoms with Crippen molar-refractivity contribution in [3.05, 3.63) is 18.2 Å². The minimum absolute atomic E-state index is 0.374. The normalized spacial score (nSPS) is 15.2. The lowest BCUT2D eigenvalue weighted by molar-refractivity contribution is 0.672. The van der Waals surface area contributed by atoms with Crippen molar-refractivity contribution in [3.63, 3.8) is 0 Å². The Labute approximate surface area is 78.4 Å². The van der Waals surface area contributed by atoms with Gasteiger partial charge in [0.1, 0.15) is 5.82 Å². The molecule has 1 unspecified atom stereocenters. The van der Waals surface area contributed by atoms with E-state index in [4.69, 9.17) is 4.78 Å². The predicted octanol–water partition coefficient (Wildman–Crippen LogP) is 1.60. The molecule has 1 heterocycles. The number of aryl methyl sites for hydroxylation is 1. The molecule has 1 aromatic heterocycles. The van der Waals surface area contributed by atoms with E-state index in [0.29, 0.717) is 16.5 Å². The van der Waals surface area contributed by atoms with Gasteiger partial charge in [-0.25, -0.2) is 19.0 Å². The molecule has 0 aliphatic rings. The molecule has 0 aliphatic heterocycles. The number of aromatic nitrogens is 2. The van der Waals surface area contributed by atoms with E-state index >= 15 is 0 Å². The van der Waals surface area contributed by atoms with Crippen molar-refractivity contribution >= 4 is 9.73 Å². The standard InChI is InChI=1S/C8H13N3OS/c1-3-4-13(9,12)8-5-10-7(2)11-6-8/h5-6,9H,3-4H2,1-2H3. The van der Waals surface area contributed by atoms with E-state index in [1.54, 1.807) is 6.92 Å². The average Bonchev–Trinajstić information content (AvgIpc) is 2.05. The molecule has 0 fully saturated rings. The van der Waals surface area contributed by atoms with Gasteiger partial charge in [-0.2, -0.15) is 0 Å². The van der Waals surface area contributed by atoms with Crippen LogP contribution in [0.2, 0.25) is 0 Å². The summed E-state index contributed by atoms with van der Waals surface area (Å²) in [5.74, 6) is 1.01. The second-order valence-corrected chi connectivity index (χ2v) is 5.08. The average molecular weight is 199 g/mol. The van der Waals surface area contributed by atoms with Gasteiger partial charge in [-0.05, 0) is 13.3 Å². The second kappa shape index (κ2) is 3.83. The van der Waals surface area contributed by atoms with Crippen molar-refractivity contribution in [2.45, 2.75) is 25.2 Å². The maximum Gasteiger partial charge on any atom is 0.125 e. The minimum Gasteiger partial charge on any atom is -0.249 e. The van der Waals surface area contributed by atoms with Gasteiger partial charge in [0.05, 0.1) is 14.6 Å². The lowest BCUT2D eigenvalue weighted by Crippen LogP contribution is -2.05. The molecule has 1 N–H and O–H groups in total. The topological polar surface area (TPSA) is 66.7 Å². The van der Waals surface area contributed by atoms with E-state index in [1.807, 2.05) is 6.92 Å². The lowest BCUT2D eigenvalue weighted by atomic mass is 10.6. The molecule has 72 valence electrons. The number of nitrogens with one attached hydrogen (secondary N) is 1. The third-order valence-corrected chi connectivity index (χ3v) is 3.59. The zero-order valence-electron chi connectivity index (χ0n) is 7.78. The Morgan fingerprint density at radius 2 is 2.00 bits per heavy atom. The minimum atomic E-state index is -2.65. The summed E-state index contributed by atoms with van der Waals surface area (Å²) in [5, 5.41) is 0. The summed E-state index contributed by atoms with van der Waals surface area (Å²) >= 11 is 0. The fourth-order valence-electron chi connectivity index (χ4n) is 0.956. The molecule has 0 amide bonds. The molecule has 0 bridgehead atoms. The van der Waals surface area contributed by atoms with E-state index in [9.17, 15) is 4.21 Å². The molecule has 5 heteroatoms. The molecule has 1 rings (SSSR count). The summed E-state index contributed by atoms with van der Waals surface area (Å²) in [6, 6.07) is 0. The fraction of sp³-hybridized carbons (Fsp3) is 0.500. The van der Waals surface area contributed by atoms with Crippen molar-refractivity contribution in [1.29, 1.82) is 4.78 Å². The monoisotopic (exact) mass is 199 g/mol. The van der Waals surface area contributed by atoms with Crippen molar-refractivity contribution in [1.82, 2.24) is 9.97 Å². The van der Waals surface area contributed by atoms with E-state index in [-0.39, 0.29) is 0 Å². The van der Waals surface area contributed by atoms with Crippen LogP contribution in [0.3, 0.4) is 0 Å². The van der Waals surface area contributed by atoms with Crippen LogP contribution in [0.25, 0.3) is 0 Å². The van der Waals surface area contributed by atoms with E-state index in [0.717, 1.165) is 6.42 Å². The van der Waals surface area contributed by atoms with Gasteiger partial charge < -0.3 is 0 Å². The smallest absolute Gasteiger partial charge is 0.125 e. The Morgan fingerprint density at radius 1 is 1.46 bits per heavy atom. The van der Waals surface area contributed by atoms with Crippen LogP contribution in [-0.2, 0) is 9.73 Å². The molecule has 0 radical (unpaired) electrons. The largest absolute Gasteiger partial charge is 0.249 e. The van der Waals surface area contributed by atoms with Crippen molar-refractivity contribution < 1.29 is 4.21 Å². The molecular weight excluding hydrogens is 186 g/mol. The molecule has 0 aromatic carbocycles. The van der Waals surface area contributed by atoms with Crippen molar-refractivity contribution in [2.24, 2.45) is 0 Å². The van der Waals surface area contributed by atoms with E-state index in [2.05, 4.69) is 9.97 Å². The van der Waals surface area contributed by atoms with Crippen molar-refractivity contribution in [2.75, 3.05) is 5.75 Å². The summed E-state index contributed by atoms with van der Waals surface area (Å²) in [5.41, 5.74) is 0. The Bertz CT molecular complexity index is 369. The number of rotatable bonds is 3. The summed E-state index contributed by atoms with van der Waals surface area (Å²) in [4.78, 5) is 8.27. The third kappa shape index (κ3) is 2.48. The van der Waals surface area contributed by atoms with Gasteiger partial charge in [0.2, 0.25) is 0 Å². The highest BCUT2D eigenvalue weighted by molar-refractivity contribution is 7.92. The maximum atomic E-state index is 11.7. The van der Waals surface area contributed by atoms with Crippen LogP contribution in [0.4, 0.5) is 0 Å². The predicted molar refractivity (Wildman–Crippen MR) is 51.1 cm³/mol. The third-order valence-electron chi connectivity index (χ3n) is 1.63. The van der Waals surface area contributed by atoms with Crippen molar-refractivity contribution in [3.8, 4) is 0 Å². The molecule has 1 atom stereocenters. The molecule has 0 saturated heterocycles. The number of hydrogen-bond acceptors (Lipinski definition) is 4.